The summed E-state index contributed by atoms with van der Waals surface area (Å²) in [5, 5.41) is 3.36. The number of hydrogen-bond acceptors (Lipinski definition) is 5. The van der Waals surface area contributed by atoms with Gasteiger partial charge in [-0.15, -0.1) is 11.3 Å². The van der Waals surface area contributed by atoms with E-state index in [0.717, 1.165) is 34.8 Å². The molecule has 0 saturated carbocycles. The lowest BCUT2D eigenvalue weighted by molar-refractivity contribution is 0.0532. The zero-order valence-electron chi connectivity index (χ0n) is 12.6. The number of aromatic nitrogens is 1. The first-order valence-electron chi connectivity index (χ1n) is 7.28. The maximum Gasteiger partial charge on any atom is 0.348 e. The van der Waals surface area contributed by atoms with Crippen LogP contribution in [0.1, 0.15) is 36.0 Å². The minimum Gasteiger partial charge on any atom is -0.462 e. The standard InChI is InChI=1S/C14H14N2O2S.C2H6/c1-2-18-14(17)11-8-9-5-7-15-10-4-3-6-16-12(10)13(9)19-11;1-2/h3-4,6,8,15H,2,5,7H2,1H3;1-2H3. The van der Waals surface area contributed by atoms with Gasteiger partial charge >= 0.3 is 5.97 Å². The first-order chi connectivity index (χ1) is 10.3. The third-order valence-corrected chi connectivity index (χ3v) is 4.18. The van der Waals surface area contributed by atoms with E-state index in [9.17, 15) is 4.79 Å². The molecule has 0 bridgehead atoms. The molecule has 0 aliphatic carbocycles. The first-order valence-corrected chi connectivity index (χ1v) is 8.10. The molecule has 4 nitrogen and oxygen atoms in total. The highest BCUT2D eigenvalue weighted by molar-refractivity contribution is 7.17. The lowest BCUT2D eigenvalue weighted by atomic mass is 10.1. The highest BCUT2D eigenvalue weighted by Crippen LogP contribution is 2.37. The molecule has 0 unspecified atom stereocenters. The van der Waals surface area contributed by atoms with Crippen molar-refractivity contribution in [3.63, 3.8) is 0 Å². The van der Waals surface area contributed by atoms with Gasteiger partial charge < -0.3 is 10.1 Å². The van der Waals surface area contributed by atoms with Gasteiger partial charge in [-0.25, -0.2) is 4.79 Å². The predicted molar refractivity (Wildman–Crippen MR) is 87.0 cm³/mol. The number of esters is 1. The fraction of sp³-hybridized carbons (Fsp3) is 0.375. The van der Waals surface area contributed by atoms with Crippen LogP contribution in [-0.2, 0) is 11.2 Å². The Labute approximate surface area is 129 Å². The van der Waals surface area contributed by atoms with E-state index in [4.69, 9.17) is 4.74 Å². The molecule has 1 aliphatic rings. The van der Waals surface area contributed by atoms with Crippen molar-refractivity contribution in [3.8, 4) is 10.6 Å². The lowest BCUT2D eigenvalue weighted by Crippen LogP contribution is -2.04. The second-order valence-electron chi connectivity index (χ2n) is 4.26. The Hall–Kier alpha value is -1.88. The van der Waals surface area contributed by atoms with Crippen molar-refractivity contribution < 1.29 is 9.53 Å². The number of carbonyl (C=O) groups excluding carboxylic acids is 1. The van der Waals surface area contributed by atoms with E-state index in [0.29, 0.717) is 11.5 Å². The predicted octanol–water partition coefficient (Wildman–Crippen LogP) is 3.98. The Morgan fingerprint density at radius 1 is 1.48 bits per heavy atom. The monoisotopic (exact) mass is 304 g/mol. The fourth-order valence-electron chi connectivity index (χ4n) is 2.18. The van der Waals surface area contributed by atoms with Crippen LogP contribution in [0.3, 0.4) is 0 Å². The number of rotatable bonds is 2. The van der Waals surface area contributed by atoms with Crippen molar-refractivity contribution in [1.29, 1.82) is 0 Å². The van der Waals surface area contributed by atoms with E-state index in [2.05, 4.69) is 10.3 Å². The number of anilines is 1. The maximum absolute atomic E-state index is 11.8. The van der Waals surface area contributed by atoms with Crippen molar-refractivity contribution >= 4 is 23.0 Å². The Morgan fingerprint density at radius 2 is 2.29 bits per heavy atom. The smallest absolute Gasteiger partial charge is 0.348 e. The molecule has 5 heteroatoms. The topological polar surface area (TPSA) is 51.2 Å². The summed E-state index contributed by atoms with van der Waals surface area (Å²) in [6, 6.07) is 5.86. The number of nitrogens with zero attached hydrogens (tertiary/aromatic N) is 1. The van der Waals surface area contributed by atoms with E-state index >= 15 is 0 Å². The Kier molecular flexibility index (Phi) is 5.33. The van der Waals surface area contributed by atoms with Crippen LogP contribution in [0.4, 0.5) is 5.69 Å². The third kappa shape index (κ3) is 3.24. The zero-order chi connectivity index (χ0) is 15.2. The summed E-state index contributed by atoms with van der Waals surface area (Å²) in [5.74, 6) is -0.244. The summed E-state index contributed by atoms with van der Waals surface area (Å²) in [4.78, 5) is 18.0. The minimum atomic E-state index is -0.244. The molecule has 2 aromatic heterocycles. The molecule has 1 N–H and O–H groups in total. The van der Waals surface area contributed by atoms with E-state index in [-0.39, 0.29) is 5.97 Å². The van der Waals surface area contributed by atoms with Crippen LogP contribution in [0.2, 0.25) is 0 Å². The molecule has 0 spiro atoms. The van der Waals surface area contributed by atoms with Crippen LogP contribution in [0.25, 0.3) is 10.6 Å². The van der Waals surface area contributed by atoms with Gasteiger partial charge in [0.15, 0.2) is 0 Å². The van der Waals surface area contributed by atoms with Gasteiger partial charge in [0.1, 0.15) is 10.6 Å². The van der Waals surface area contributed by atoms with Gasteiger partial charge in [-0.3, -0.25) is 4.98 Å². The normalized spacial score (nSPS) is 12.0. The Balaban J connectivity index is 0.000000774. The van der Waals surface area contributed by atoms with Crippen molar-refractivity contribution in [2.45, 2.75) is 27.2 Å². The zero-order valence-corrected chi connectivity index (χ0v) is 13.4. The Bertz CT molecular complexity index is 622. The van der Waals surface area contributed by atoms with E-state index in [1.807, 2.05) is 39.0 Å². The van der Waals surface area contributed by atoms with Crippen LogP contribution < -0.4 is 5.32 Å². The molecular formula is C16H20N2O2S. The van der Waals surface area contributed by atoms with Crippen molar-refractivity contribution in [2.24, 2.45) is 0 Å². The second-order valence-corrected chi connectivity index (χ2v) is 5.31. The maximum atomic E-state index is 11.8. The Morgan fingerprint density at radius 3 is 3.05 bits per heavy atom. The summed E-state index contributed by atoms with van der Waals surface area (Å²) in [6.45, 7) is 7.07. The first kappa shape index (κ1) is 15.5. The summed E-state index contributed by atoms with van der Waals surface area (Å²) < 4.78 is 5.06. The van der Waals surface area contributed by atoms with Crippen molar-refractivity contribution in [3.05, 3.63) is 34.8 Å². The van der Waals surface area contributed by atoms with Gasteiger partial charge in [0, 0.05) is 12.7 Å². The quantitative estimate of drug-likeness (QED) is 0.853. The molecule has 0 amide bonds. The van der Waals surface area contributed by atoms with E-state index in [1.54, 1.807) is 6.20 Å². The molecule has 3 heterocycles. The molecule has 0 aromatic carbocycles. The van der Waals surface area contributed by atoms with Crippen LogP contribution >= 0.6 is 11.3 Å². The highest BCUT2D eigenvalue weighted by Gasteiger charge is 2.21. The fourth-order valence-corrected chi connectivity index (χ4v) is 3.29. The second kappa shape index (κ2) is 7.22. The number of fused-ring (bicyclic) bond motifs is 3. The number of carbonyl (C=O) groups is 1. The third-order valence-electron chi connectivity index (χ3n) is 3.02. The van der Waals surface area contributed by atoms with Crippen LogP contribution in [0, 0.1) is 0 Å². The van der Waals surface area contributed by atoms with Crippen molar-refractivity contribution in [1.82, 2.24) is 4.98 Å². The summed E-state index contributed by atoms with van der Waals surface area (Å²) in [5.41, 5.74) is 3.12. The summed E-state index contributed by atoms with van der Waals surface area (Å²) in [7, 11) is 0. The lowest BCUT2D eigenvalue weighted by Gasteiger charge is -2.05. The molecule has 3 rings (SSSR count). The van der Waals surface area contributed by atoms with Gasteiger partial charge in [-0.1, -0.05) is 13.8 Å². The van der Waals surface area contributed by atoms with Gasteiger partial charge in [0.2, 0.25) is 0 Å². The molecule has 1 aliphatic heterocycles. The molecule has 0 radical (unpaired) electrons. The largest absolute Gasteiger partial charge is 0.462 e. The molecule has 0 saturated heterocycles. The number of pyridine rings is 1. The number of ether oxygens (including phenoxy) is 1. The average Bonchev–Trinajstić information content (AvgIpc) is 2.87. The van der Waals surface area contributed by atoms with Crippen molar-refractivity contribution in [2.75, 3.05) is 18.5 Å². The molecule has 0 atom stereocenters. The van der Waals surface area contributed by atoms with E-state index in [1.165, 1.54) is 11.3 Å². The molecular weight excluding hydrogens is 284 g/mol. The van der Waals surface area contributed by atoms with Crippen LogP contribution in [-0.4, -0.2) is 24.1 Å². The number of thiophene rings is 1. The van der Waals surface area contributed by atoms with Gasteiger partial charge in [0.05, 0.1) is 17.2 Å². The molecule has 2 aromatic rings. The number of nitrogens with one attached hydrogen (secondary N) is 1. The summed E-state index contributed by atoms with van der Waals surface area (Å²) in [6.07, 6.45) is 2.67. The van der Waals surface area contributed by atoms with Gasteiger partial charge in [-0.05, 0) is 37.1 Å². The average molecular weight is 304 g/mol. The number of hydrogen-bond donors (Lipinski definition) is 1. The molecule has 0 fully saturated rings. The van der Waals surface area contributed by atoms with E-state index < -0.39 is 0 Å². The molecule has 112 valence electrons. The van der Waals surface area contributed by atoms with Crippen LogP contribution in [0.5, 0.6) is 0 Å². The molecule has 21 heavy (non-hydrogen) atoms. The van der Waals surface area contributed by atoms with Crippen LogP contribution in [0.15, 0.2) is 24.4 Å². The van der Waals surface area contributed by atoms with Gasteiger partial charge in [0.25, 0.3) is 0 Å². The SMILES string of the molecule is CC.CCOC(=O)c1cc2c(s1)-c1ncccc1NCC2. The minimum absolute atomic E-state index is 0.244. The van der Waals surface area contributed by atoms with Gasteiger partial charge in [-0.2, -0.15) is 0 Å². The summed E-state index contributed by atoms with van der Waals surface area (Å²) >= 11 is 1.46. The highest BCUT2D eigenvalue weighted by atomic mass is 32.1.